The Morgan fingerprint density at radius 1 is 1.16 bits per heavy atom. The van der Waals surface area contributed by atoms with E-state index in [2.05, 4.69) is 15.9 Å². The fraction of sp³-hybridized carbons (Fsp3) is 0. The van der Waals surface area contributed by atoms with Crippen LogP contribution in [0.1, 0.15) is 10.4 Å². The zero-order chi connectivity index (χ0) is 14.0. The molecule has 0 aromatic heterocycles. The van der Waals surface area contributed by atoms with Gasteiger partial charge in [-0.15, -0.1) is 0 Å². The molecule has 0 aliphatic rings. The van der Waals surface area contributed by atoms with Gasteiger partial charge >= 0.3 is 0 Å². The van der Waals surface area contributed by atoms with Gasteiger partial charge in [0.15, 0.2) is 0 Å². The number of nitrogens with two attached hydrogens (primary N) is 2. The molecule has 4 N–H and O–H groups in total. The van der Waals surface area contributed by atoms with E-state index >= 15 is 0 Å². The summed E-state index contributed by atoms with van der Waals surface area (Å²) in [5, 5.41) is 0.460. The minimum atomic E-state index is -0.543. The van der Waals surface area contributed by atoms with Gasteiger partial charge < -0.3 is 16.2 Å². The Balaban J connectivity index is 2.33. The monoisotopic (exact) mass is 340 g/mol. The van der Waals surface area contributed by atoms with E-state index in [0.717, 1.165) is 4.47 Å². The van der Waals surface area contributed by atoms with Crippen LogP contribution in [0.5, 0.6) is 11.5 Å². The number of carbonyl (C=O) groups is 1. The first-order valence-corrected chi connectivity index (χ1v) is 6.46. The molecule has 6 heteroatoms. The number of amides is 1. The van der Waals surface area contributed by atoms with Gasteiger partial charge in [0.2, 0.25) is 5.91 Å². The number of rotatable bonds is 3. The van der Waals surface area contributed by atoms with E-state index in [9.17, 15) is 4.79 Å². The molecule has 4 nitrogen and oxygen atoms in total. The van der Waals surface area contributed by atoms with E-state index < -0.39 is 5.91 Å². The van der Waals surface area contributed by atoms with Gasteiger partial charge in [-0.25, -0.2) is 0 Å². The summed E-state index contributed by atoms with van der Waals surface area (Å²) >= 11 is 9.35. The molecule has 0 heterocycles. The molecule has 0 saturated carbocycles. The van der Waals surface area contributed by atoms with E-state index in [4.69, 9.17) is 27.8 Å². The zero-order valence-corrected chi connectivity index (χ0v) is 12.0. The van der Waals surface area contributed by atoms with Crippen LogP contribution in [-0.2, 0) is 0 Å². The van der Waals surface area contributed by atoms with Gasteiger partial charge in [-0.3, -0.25) is 4.79 Å². The maximum absolute atomic E-state index is 11.0. The Morgan fingerprint density at radius 3 is 2.53 bits per heavy atom. The van der Waals surface area contributed by atoms with Gasteiger partial charge in [0.25, 0.3) is 0 Å². The second-order valence-corrected chi connectivity index (χ2v) is 5.12. The average molecular weight is 342 g/mol. The number of primary amides is 1. The van der Waals surface area contributed by atoms with Crippen molar-refractivity contribution in [1.29, 1.82) is 0 Å². The van der Waals surface area contributed by atoms with Crippen molar-refractivity contribution >= 4 is 39.1 Å². The molecule has 0 atom stereocenters. The van der Waals surface area contributed by atoms with Crippen LogP contribution in [0.4, 0.5) is 5.69 Å². The fourth-order valence-corrected chi connectivity index (χ4v) is 1.96. The molecule has 1 amide bonds. The van der Waals surface area contributed by atoms with Crippen LogP contribution >= 0.6 is 27.5 Å². The highest BCUT2D eigenvalue weighted by Crippen LogP contribution is 2.34. The van der Waals surface area contributed by atoms with Crippen molar-refractivity contribution in [2.24, 2.45) is 5.73 Å². The molecule has 2 aromatic carbocycles. The van der Waals surface area contributed by atoms with Crippen molar-refractivity contribution in [3.63, 3.8) is 0 Å². The summed E-state index contributed by atoms with van der Waals surface area (Å²) in [4.78, 5) is 11.0. The van der Waals surface area contributed by atoms with Crippen LogP contribution < -0.4 is 16.2 Å². The zero-order valence-electron chi connectivity index (χ0n) is 9.69. The highest BCUT2D eigenvalue weighted by Gasteiger charge is 2.09. The van der Waals surface area contributed by atoms with Crippen LogP contribution in [0.15, 0.2) is 40.9 Å². The first kappa shape index (κ1) is 13.7. The summed E-state index contributed by atoms with van der Waals surface area (Å²) in [5.74, 6) is 0.332. The fourth-order valence-electron chi connectivity index (χ4n) is 1.47. The molecule has 0 unspecified atom stereocenters. The quantitative estimate of drug-likeness (QED) is 0.838. The molecule has 0 saturated heterocycles. The standard InChI is InChI=1S/C13H10BrClN2O2/c14-8-2-3-9(15)12(6-8)19-11-4-1-7(13(17)18)5-10(11)16/h1-6H,16H2,(H2,17,18). The molecule has 0 spiro atoms. The van der Waals surface area contributed by atoms with E-state index in [-0.39, 0.29) is 0 Å². The largest absolute Gasteiger partial charge is 0.454 e. The molecule has 0 fully saturated rings. The summed E-state index contributed by atoms with van der Waals surface area (Å²) in [6, 6.07) is 9.81. The highest BCUT2D eigenvalue weighted by molar-refractivity contribution is 9.10. The molecular formula is C13H10BrClN2O2. The minimum Gasteiger partial charge on any atom is -0.454 e. The van der Waals surface area contributed by atoms with Crippen molar-refractivity contribution in [2.45, 2.75) is 0 Å². The molecular weight excluding hydrogens is 332 g/mol. The molecule has 2 aromatic rings. The summed E-state index contributed by atoms with van der Waals surface area (Å²) in [5.41, 5.74) is 11.6. The number of anilines is 1. The summed E-state index contributed by atoms with van der Waals surface area (Å²) in [6.07, 6.45) is 0. The Bertz CT molecular complexity index is 647. The number of carbonyl (C=O) groups excluding carboxylic acids is 1. The smallest absolute Gasteiger partial charge is 0.248 e. The summed E-state index contributed by atoms with van der Waals surface area (Å²) in [7, 11) is 0. The van der Waals surface area contributed by atoms with Gasteiger partial charge in [0.1, 0.15) is 11.5 Å². The van der Waals surface area contributed by atoms with Crippen molar-refractivity contribution in [1.82, 2.24) is 0 Å². The number of benzene rings is 2. The number of halogens is 2. The van der Waals surface area contributed by atoms with Gasteiger partial charge in [-0.1, -0.05) is 27.5 Å². The van der Waals surface area contributed by atoms with Crippen molar-refractivity contribution in [2.75, 3.05) is 5.73 Å². The average Bonchev–Trinajstić information content (AvgIpc) is 2.36. The van der Waals surface area contributed by atoms with Crippen LogP contribution in [0, 0.1) is 0 Å². The molecule has 98 valence electrons. The second kappa shape index (κ2) is 5.50. The van der Waals surface area contributed by atoms with Crippen LogP contribution in [0.25, 0.3) is 0 Å². The maximum atomic E-state index is 11.0. The minimum absolute atomic E-state index is 0.312. The number of hydrogen-bond acceptors (Lipinski definition) is 3. The third-order valence-corrected chi connectivity index (χ3v) is 3.21. The van der Waals surface area contributed by atoms with Crippen LogP contribution in [-0.4, -0.2) is 5.91 Å². The van der Waals surface area contributed by atoms with E-state index in [1.165, 1.54) is 6.07 Å². The lowest BCUT2D eigenvalue weighted by molar-refractivity contribution is 0.100. The first-order chi connectivity index (χ1) is 8.97. The van der Waals surface area contributed by atoms with Crippen molar-refractivity contribution in [3.05, 3.63) is 51.5 Å². The second-order valence-electron chi connectivity index (χ2n) is 3.79. The lowest BCUT2D eigenvalue weighted by Gasteiger charge is -2.10. The molecule has 0 radical (unpaired) electrons. The Morgan fingerprint density at radius 2 is 1.89 bits per heavy atom. The van der Waals surface area contributed by atoms with Gasteiger partial charge in [0, 0.05) is 10.0 Å². The molecule has 0 aliphatic carbocycles. The summed E-state index contributed by atoms with van der Waals surface area (Å²) in [6.45, 7) is 0. The normalized spacial score (nSPS) is 10.2. The van der Waals surface area contributed by atoms with Crippen molar-refractivity contribution < 1.29 is 9.53 Å². The van der Waals surface area contributed by atoms with E-state index in [1.807, 2.05) is 0 Å². The Kier molecular flexibility index (Phi) is 3.97. The first-order valence-electron chi connectivity index (χ1n) is 5.29. The van der Waals surface area contributed by atoms with Gasteiger partial charge in [-0.2, -0.15) is 0 Å². The Labute approximate surface area is 123 Å². The predicted molar refractivity (Wildman–Crippen MR) is 78.6 cm³/mol. The third kappa shape index (κ3) is 3.19. The van der Waals surface area contributed by atoms with Crippen LogP contribution in [0.3, 0.4) is 0 Å². The number of nitrogen functional groups attached to an aromatic ring is 1. The number of hydrogen-bond donors (Lipinski definition) is 2. The van der Waals surface area contributed by atoms with Crippen molar-refractivity contribution in [3.8, 4) is 11.5 Å². The third-order valence-electron chi connectivity index (χ3n) is 2.41. The number of ether oxygens (including phenoxy) is 1. The Hall–Kier alpha value is -1.72. The SMILES string of the molecule is NC(=O)c1ccc(Oc2cc(Br)ccc2Cl)c(N)c1. The lowest BCUT2D eigenvalue weighted by atomic mass is 10.2. The van der Waals surface area contributed by atoms with E-state index in [0.29, 0.717) is 27.8 Å². The maximum Gasteiger partial charge on any atom is 0.248 e. The molecule has 0 aliphatic heterocycles. The molecule has 2 rings (SSSR count). The van der Waals surface area contributed by atoms with Gasteiger partial charge in [0.05, 0.1) is 10.7 Å². The molecule has 19 heavy (non-hydrogen) atoms. The lowest BCUT2D eigenvalue weighted by Crippen LogP contribution is -2.11. The van der Waals surface area contributed by atoms with Crippen LogP contribution in [0.2, 0.25) is 5.02 Å². The highest BCUT2D eigenvalue weighted by atomic mass is 79.9. The summed E-state index contributed by atoms with van der Waals surface area (Å²) < 4.78 is 6.45. The predicted octanol–water partition coefficient (Wildman–Crippen LogP) is 3.58. The van der Waals surface area contributed by atoms with Gasteiger partial charge in [-0.05, 0) is 36.4 Å². The topological polar surface area (TPSA) is 78.3 Å². The molecule has 0 bridgehead atoms. The van der Waals surface area contributed by atoms with E-state index in [1.54, 1.807) is 30.3 Å².